The maximum atomic E-state index is 6.35. The predicted octanol–water partition coefficient (Wildman–Crippen LogP) is 6.33. The van der Waals surface area contributed by atoms with Gasteiger partial charge in [-0.25, -0.2) is 4.98 Å². The summed E-state index contributed by atoms with van der Waals surface area (Å²) >= 11 is 6.35. The molecule has 1 saturated heterocycles. The van der Waals surface area contributed by atoms with Gasteiger partial charge in [-0.05, 0) is 73.7 Å². The van der Waals surface area contributed by atoms with E-state index in [9.17, 15) is 0 Å². The number of hydrogen-bond acceptors (Lipinski definition) is 3. The number of allylic oxidation sites excluding steroid dienone is 3. The third-order valence-electron chi connectivity index (χ3n) is 6.99. The lowest BCUT2D eigenvalue weighted by Gasteiger charge is -2.29. The fraction of sp³-hybridized carbons (Fsp3) is 0.370. The molecule has 1 fully saturated rings. The second-order valence-electron chi connectivity index (χ2n) is 9.01. The Labute approximate surface area is 194 Å². The summed E-state index contributed by atoms with van der Waals surface area (Å²) in [6.45, 7) is 7.19. The largest absolute Gasteiger partial charge is 0.380 e. The number of imidazole rings is 1. The molecule has 5 heteroatoms. The first-order chi connectivity index (χ1) is 15.4. The van der Waals surface area contributed by atoms with Gasteiger partial charge in [-0.3, -0.25) is 0 Å². The summed E-state index contributed by atoms with van der Waals surface area (Å²) in [4.78, 5) is 10.9. The molecule has 5 rings (SSSR count). The van der Waals surface area contributed by atoms with Gasteiger partial charge >= 0.3 is 0 Å². The van der Waals surface area contributed by atoms with Crippen LogP contribution in [0.3, 0.4) is 0 Å². The van der Waals surface area contributed by atoms with Crippen LogP contribution in [0.25, 0.3) is 11.0 Å². The molecule has 1 N–H and O–H groups in total. The standard InChI is InChI=1S/C27H29ClN3O/c1-16-8-9-20(12-17(16)2)19-6-5-7-21(13-19)31-15-22(32-4)14-25(31)27-29-24-11-10-23(28)18(3)26(24)30-27/h5,7-12,19,22,25H,6,14-15H2,1-4H3,(H,29,30)/t19?,22-,25+/m1/s1. The van der Waals surface area contributed by atoms with Crippen LogP contribution in [0.5, 0.6) is 0 Å². The van der Waals surface area contributed by atoms with E-state index in [4.69, 9.17) is 21.3 Å². The highest BCUT2D eigenvalue weighted by Crippen LogP contribution is 2.39. The summed E-state index contributed by atoms with van der Waals surface area (Å²) in [5.74, 6) is 1.22. The number of hydrogen-bond donors (Lipinski definition) is 1. The quantitative estimate of drug-likeness (QED) is 0.508. The van der Waals surface area contributed by atoms with Crippen LogP contribution in [-0.2, 0) is 4.74 Å². The van der Waals surface area contributed by atoms with Crippen molar-refractivity contribution in [2.24, 2.45) is 0 Å². The minimum Gasteiger partial charge on any atom is -0.380 e. The van der Waals surface area contributed by atoms with Crippen molar-refractivity contribution >= 4 is 22.6 Å². The average Bonchev–Trinajstić information content (AvgIpc) is 3.43. The Bertz CT molecular complexity index is 1230. The SMILES string of the molecule is CO[C@@H]1C[C@@H](c2nc3ccc(Cl)c(C)c3[nH]2)N(C2=[C]C(c3ccc(C)c(C)c3)CC=C2)C1. The van der Waals surface area contributed by atoms with Gasteiger partial charge in [-0.1, -0.05) is 35.9 Å². The van der Waals surface area contributed by atoms with E-state index in [1.54, 1.807) is 7.11 Å². The number of ether oxygens (including phenoxy) is 1. The first kappa shape index (κ1) is 21.3. The van der Waals surface area contributed by atoms with Crippen molar-refractivity contribution in [1.29, 1.82) is 0 Å². The van der Waals surface area contributed by atoms with Gasteiger partial charge in [0.05, 0.1) is 23.2 Å². The van der Waals surface area contributed by atoms with E-state index in [0.717, 1.165) is 52.5 Å². The summed E-state index contributed by atoms with van der Waals surface area (Å²) in [7, 11) is 1.79. The fourth-order valence-electron chi connectivity index (χ4n) is 4.84. The normalized spacial score (nSPS) is 23.2. The van der Waals surface area contributed by atoms with E-state index < -0.39 is 0 Å². The number of nitrogens with zero attached hydrogens (tertiary/aromatic N) is 2. The second-order valence-corrected chi connectivity index (χ2v) is 9.42. The van der Waals surface area contributed by atoms with Gasteiger partial charge in [0, 0.05) is 36.7 Å². The van der Waals surface area contributed by atoms with Gasteiger partial charge in [0.15, 0.2) is 0 Å². The van der Waals surface area contributed by atoms with E-state index in [1.807, 2.05) is 19.1 Å². The van der Waals surface area contributed by atoms with E-state index in [0.29, 0.717) is 0 Å². The van der Waals surface area contributed by atoms with Crippen molar-refractivity contribution in [3.05, 3.63) is 87.4 Å². The third-order valence-corrected chi connectivity index (χ3v) is 7.40. The molecule has 1 aromatic heterocycles. The molecule has 1 aliphatic heterocycles. The van der Waals surface area contributed by atoms with Gasteiger partial charge in [0.2, 0.25) is 0 Å². The minimum atomic E-state index is 0.108. The number of rotatable bonds is 4. The molecule has 1 unspecified atom stereocenters. The predicted molar refractivity (Wildman–Crippen MR) is 130 cm³/mol. The van der Waals surface area contributed by atoms with Crippen LogP contribution in [0.2, 0.25) is 5.02 Å². The Hall–Kier alpha value is -2.56. The third kappa shape index (κ3) is 3.76. The van der Waals surface area contributed by atoms with Crippen LogP contribution in [0.4, 0.5) is 0 Å². The molecular weight excluding hydrogens is 418 g/mol. The number of nitrogens with one attached hydrogen (secondary N) is 1. The number of aromatic amines is 1. The Balaban J connectivity index is 1.50. The van der Waals surface area contributed by atoms with Gasteiger partial charge in [0.1, 0.15) is 5.82 Å². The van der Waals surface area contributed by atoms with Crippen molar-refractivity contribution in [3.63, 3.8) is 0 Å². The zero-order valence-electron chi connectivity index (χ0n) is 19.1. The molecule has 0 saturated carbocycles. The number of H-pyrrole nitrogens is 1. The zero-order valence-corrected chi connectivity index (χ0v) is 19.8. The minimum absolute atomic E-state index is 0.108. The number of aryl methyl sites for hydroxylation is 3. The Morgan fingerprint density at radius 1 is 1.16 bits per heavy atom. The van der Waals surface area contributed by atoms with Crippen molar-refractivity contribution in [2.45, 2.75) is 51.7 Å². The van der Waals surface area contributed by atoms with Crippen LogP contribution in [0.1, 0.15) is 52.9 Å². The molecule has 32 heavy (non-hydrogen) atoms. The Kier molecular flexibility index (Phi) is 5.60. The smallest absolute Gasteiger partial charge is 0.130 e. The van der Waals surface area contributed by atoms with Gasteiger partial charge in [-0.15, -0.1) is 0 Å². The highest BCUT2D eigenvalue weighted by Gasteiger charge is 2.36. The summed E-state index contributed by atoms with van der Waals surface area (Å²) in [6, 6.07) is 10.8. The molecule has 3 aromatic rings. The molecule has 2 heterocycles. The van der Waals surface area contributed by atoms with E-state index in [1.165, 1.54) is 16.7 Å². The van der Waals surface area contributed by atoms with Gasteiger partial charge in [0.25, 0.3) is 0 Å². The summed E-state index contributed by atoms with van der Waals surface area (Å²) in [6.07, 6.45) is 10.3. The summed E-state index contributed by atoms with van der Waals surface area (Å²) in [5, 5.41) is 0.758. The Morgan fingerprint density at radius 3 is 2.78 bits per heavy atom. The van der Waals surface area contributed by atoms with Crippen molar-refractivity contribution in [1.82, 2.24) is 14.9 Å². The lowest BCUT2D eigenvalue weighted by atomic mass is 9.89. The number of likely N-dealkylation sites (tertiary alicyclic amines) is 1. The number of fused-ring (bicyclic) bond motifs is 1. The maximum absolute atomic E-state index is 6.35. The number of methoxy groups -OCH3 is 1. The van der Waals surface area contributed by atoms with E-state index >= 15 is 0 Å². The number of benzene rings is 2. The van der Waals surface area contributed by atoms with Crippen LogP contribution >= 0.6 is 11.6 Å². The van der Waals surface area contributed by atoms with Crippen LogP contribution < -0.4 is 0 Å². The maximum Gasteiger partial charge on any atom is 0.130 e. The van der Waals surface area contributed by atoms with Gasteiger partial charge < -0.3 is 14.6 Å². The highest BCUT2D eigenvalue weighted by atomic mass is 35.5. The molecule has 0 amide bonds. The first-order valence-electron chi connectivity index (χ1n) is 11.3. The average molecular weight is 447 g/mol. The monoisotopic (exact) mass is 446 g/mol. The van der Waals surface area contributed by atoms with Crippen LogP contribution in [0.15, 0.2) is 48.2 Å². The Morgan fingerprint density at radius 2 is 2.00 bits per heavy atom. The molecule has 3 atom stereocenters. The molecule has 0 spiro atoms. The van der Waals surface area contributed by atoms with Crippen LogP contribution in [-0.4, -0.2) is 34.6 Å². The number of halogens is 1. The molecule has 2 aliphatic rings. The molecule has 4 nitrogen and oxygen atoms in total. The molecule has 165 valence electrons. The molecular formula is C27H29ClN3O. The van der Waals surface area contributed by atoms with Crippen molar-refractivity contribution in [2.75, 3.05) is 13.7 Å². The topological polar surface area (TPSA) is 41.1 Å². The van der Waals surface area contributed by atoms with Crippen LogP contribution in [0, 0.1) is 26.8 Å². The molecule has 1 radical (unpaired) electrons. The molecule has 0 bridgehead atoms. The summed E-state index contributed by atoms with van der Waals surface area (Å²) < 4.78 is 5.77. The number of aromatic nitrogens is 2. The first-order valence-corrected chi connectivity index (χ1v) is 11.6. The lowest BCUT2D eigenvalue weighted by Crippen LogP contribution is -2.26. The molecule has 2 aromatic carbocycles. The fourth-order valence-corrected chi connectivity index (χ4v) is 5.00. The highest BCUT2D eigenvalue weighted by molar-refractivity contribution is 6.32. The molecule has 1 aliphatic carbocycles. The second kappa shape index (κ2) is 8.42. The zero-order chi connectivity index (χ0) is 22.4. The van der Waals surface area contributed by atoms with E-state index in [2.05, 4.69) is 60.2 Å². The van der Waals surface area contributed by atoms with E-state index in [-0.39, 0.29) is 18.1 Å². The van der Waals surface area contributed by atoms with Gasteiger partial charge in [-0.2, -0.15) is 0 Å². The van der Waals surface area contributed by atoms with Crippen molar-refractivity contribution in [3.8, 4) is 0 Å². The summed E-state index contributed by atoms with van der Waals surface area (Å²) in [5.41, 5.74) is 8.10. The van der Waals surface area contributed by atoms with Crippen molar-refractivity contribution < 1.29 is 4.74 Å². The lowest BCUT2D eigenvalue weighted by molar-refractivity contribution is 0.111.